The van der Waals surface area contributed by atoms with Gasteiger partial charge < -0.3 is 20.2 Å². The van der Waals surface area contributed by atoms with E-state index in [1.807, 2.05) is 24.5 Å². The van der Waals surface area contributed by atoms with Gasteiger partial charge in [0.15, 0.2) is 0 Å². The van der Waals surface area contributed by atoms with Crippen molar-refractivity contribution in [2.45, 2.75) is 89.1 Å². The van der Waals surface area contributed by atoms with Crippen LogP contribution in [0.15, 0.2) is 54.9 Å². The van der Waals surface area contributed by atoms with Crippen molar-refractivity contribution in [3.8, 4) is 0 Å². The van der Waals surface area contributed by atoms with Crippen molar-refractivity contribution >= 4 is 29.4 Å². The second-order valence-corrected chi connectivity index (χ2v) is 15.5. The SMILES string of the molecule is CC(C)c1cnc(NC2CC3CN(c4ccc(CN5CCC(O)(c6ccc7c(c6)CN(C6CCC(=O)NC6=O)C7=O)CC5)cc4)CC3C2)nc1. The lowest BCUT2D eigenvalue weighted by Crippen LogP contribution is -2.52. The average molecular weight is 678 g/mol. The maximum Gasteiger partial charge on any atom is 0.255 e. The van der Waals surface area contributed by atoms with Gasteiger partial charge in [0, 0.05) is 75.4 Å². The zero-order chi connectivity index (χ0) is 34.6. The average Bonchev–Trinajstić information content (AvgIpc) is 3.78. The number of nitrogens with one attached hydrogen (secondary N) is 2. The van der Waals surface area contributed by atoms with E-state index in [1.54, 1.807) is 11.0 Å². The number of carbonyl (C=O) groups is 3. The number of imide groups is 1. The van der Waals surface area contributed by atoms with E-state index in [9.17, 15) is 19.5 Å². The first kappa shape index (κ1) is 32.8. The van der Waals surface area contributed by atoms with E-state index in [0.29, 0.717) is 55.2 Å². The number of aromatic nitrogens is 2. The third-order valence-electron chi connectivity index (χ3n) is 11.9. The molecule has 1 saturated carbocycles. The van der Waals surface area contributed by atoms with Crippen molar-refractivity contribution in [1.29, 1.82) is 0 Å². The Kier molecular flexibility index (Phi) is 8.59. The molecule has 4 fully saturated rings. The van der Waals surface area contributed by atoms with Crippen LogP contribution in [-0.2, 0) is 28.3 Å². The van der Waals surface area contributed by atoms with E-state index >= 15 is 0 Å². The second kappa shape index (κ2) is 13.1. The first-order valence-electron chi connectivity index (χ1n) is 18.3. The van der Waals surface area contributed by atoms with Gasteiger partial charge in [0.2, 0.25) is 17.8 Å². The number of rotatable bonds is 8. The topological polar surface area (TPSA) is 131 Å². The number of carbonyl (C=O) groups excluding carboxylic acids is 3. The summed E-state index contributed by atoms with van der Waals surface area (Å²) in [7, 11) is 0. The number of piperidine rings is 2. The maximum atomic E-state index is 13.1. The smallest absolute Gasteiger partial charge is 0.255 e. The first-order valence-corrected chi connectivity index (χ1v) is 18.3. The van der Waals surface area contributed by atoms with Crippen LogP contribution in [-0.4, -0.2) is 80.9 Å². The molecule has 11 nitrogen and oxygen atoms in total. The summed E-state index contributed by atoms with van der Waals surface area (Å²) in [6.45, 7) is 9.19. The molecule has 50 heavy (non-hydrogen) atoms. The zero-order valence-electron chi connectivity index (χ0n) is 29.0. The summed E-state index contributed by atoms with van der Waals surface area (Å²) in [4.78, 5) is 52.7. The molecule has 8 rings (SSSR count). The molecule has 11 heteroatoms. The molecular weight excluding hydrogens is 630 g/mol. The number of likely N-dealkylation sites (tertiary alicyclic amines) is 1. The molecular formula is C39H47N7O4. The summed E-state index contributed by atoms with van der Waals surface area (Å²) >= 11 is 0. The Bertz CT molecular complexity index is 1760. The van der Waals surface area contributed by atoms with Crippen molar-refractivity contribution in [2.24, 2.45) is 11.8 Å². The molecule has 0 spiro atoms. The molecule has 5 heterocycles. The number of aliphatic hydroxyl groups is 1. The highest BCUT2D eigenvalue weighted by atomic mass is 16.3. The van der Waals surface area contributed by atoms with Crippen LogP contribution in [0.2, 0.25) is 0 Å². The number of hydrogen-bond donors (Lipinski definition) is 3. The van der Waals surface area contributed by atoms with Crippen molar-refractivity contribution in [3.05, 3.63) is 82.7 Å². The van der Waals surface area contributed by atoms with E-state index < -0.39 is 17.6 Å². The van der Waals surface area contributed by atoms with Gasteiger partial charge in [0.25, 0.3) is 5.91 Å². The van der Waals surface area contributed by atoms with Crippen LogP contribution in [0.5, 0.6) is 0 Å². The molecule has 262 valence electrons. The highest BCUT2D eigenvalue weighted by Gasteiger charge is 2.42. The normalized spacial score (nSPS) is 26.4. The molecule has 3 amide bonds. The number of fused-ring (bicyclic) bond motifs is 2. The highest BCUT2D eigenvalue weighted by Crippen LogP contribution is 2.41. The molecule has 2 aromatic carbocycles. The lowest BCUT2D eigenvalue weighted by atomic mass is 9.83. The summed E-state index contributed by atoms with van der Waals surface area (Å²) < 4.78 is 0. The number of hydrogen-bond acceptors (Lipinski definition) is 9. The standard InChI is InChI=1S/C39H47N7O4/c1-24(2)29-18-40-38(41-19-29)42-31-16-26-21-45(22-27(26)17-31)32-6-3-25(4-7-32)20-44-13-11-39(50,12-14-44)30-5-8-33-28(15-30)23-46(37(33)49)34-9-10-35(47)43-36(34)48/h3-8,15,18-19,24,26-27,31,34,50H,9-14,16-17,20-23H2,1-2H3,(H,40,41,42)(H,43,47,48). The zero-order valence-corrected chi connectivity index (χ0v) is 29.0. The molecule has 4 aliphatic heterocycles. The number of nitrogens with zero attached hydrogens (tertiary/aromatic N) is 5. The summed E-state index contributed by atoms with van der Waals surface area (Å²) in [6.07, 6.45) is 7.96. The fourth-order valence-corrected chi connectivity index (χ4v) is 8.83. The Morgan fingerprint density at radius 1 is 0.980 bits per heavy atom. The minimum atomic E-state index is -0.964. The lowest BCUT2D eigenvalue weighted by molar-refractivity contribution is -0.136. The predicted octanol–water partition coefficient (Wildman–Crippen LogP) is 4.17. The summed E-state index contributed by atoms with van der Waals surface area (Å²) in [6, 6.07) is 14.4. The molecule has 5 aliphatic rings. The molecule has 1 aliphatic carbocycles. The van der Waals surface area contributed by atoms with E-state index in [0.717, 1.165) is 62.6 Å². The molecule has 3 N–H and O–H groups in total. The quantitative estimate of drug-likeness (QED) is 0.301. The summed E-state index contributed by atoms with van der Waals surface area (Å²) in [5, 5.41) is 17.6. The van der Waals surface area contributed by atoms with Crippen molar-refractivity contribution in [1.82, 2.24) is 25.1 Å². The lowest BCUT2D eigenvalue weighted by Gasteiger charge is -2.38. The Balaban J connectivity index is 0.815. The summed E-state index contributed by atoms with van der Waals surface area (Å²) in [5.74, 6) is 1.64. The predicted molar refractivity (Wildman–Crippen MR) is 189 cm³/mol. The molecule has 0 radical (unpaired) electrons. The van der Waals surface area contributed by atoms with Crippen molar-refractivity contribution < 1.29 is 19.5 Å². The second-order valence-electron chi connectivity index (χ2n) is 15.5. The van der Waals surface area contributed by atoms with Gasteiger partial charge in [-0.1, -0.05) is 38.1 Å². The summed E-state index contributed by atoms with van der Waals surface area (Å²) in [5.41, 5.74) is 4.99. The van der Waals surface area contributed by atoms with Crippen LogP contribution in [0.25, 0.3) is 0 Å². The highest BCUT2D eigenvalue weighted by molar-refractivity contribution is 6.05. The van der Waals surface area contributed by atoms with Gasteiger partial charge in [-0.3, -0.25) is 24.6 Å². The van der Waals surface area contributed by atoms with E-state index in [4.69, 9.17) is 0 Å². The van der Waals surface area contributed by atoms with Crippen molar-refractivity contribution in [2.75, 3.05) is 36.4 Å². The van der Waals surface area contributed by atoms with Crippen LogP contribution in [0.1, 0.15) is 90.9 Å². The van der Waals surface area contributed by atoms with Crippen LogP contribution in [0.4, 0.5) is 11.6 Å². The minimum absolute atomic E-state index is 0.193. The van der Waals surface area contributed by atoms with Gasteiger partial charge in [0.1, 0.15) is 6.04 Å². The fourth-order valence-electron chi connectivity index (χ4n) is 8.83. The van der Waals surface area contributed by atoms with E-state index in [-0.39, 0.29) is 18.2 Å². The van der Waals surface area contributed by atoms with Gasteiger partial charge >= 0.3 is 0 Å². The van der Waals surface area contributed by atoms with Gasteiger partial charge in [-0.15, -0.1) is 0 Å². The third kappa shape index (κ3) is 6.37. The Morgan fingerprint density at radius 2 is 1.68 bits per heavy atom. The molecule has 0 bridgehead atoms. The Morgan fingerprint density at radius 3 is 2.34 bits per heavy atom. The maximum absolute atomic E-state index is 13.1. The van der Waals surface area contributed by atoms with Crippen molar-refractivity contribution in [3.63, 3.8) is 0 Å². The first-order chi connectivity index (χ1) is 24.1. The Hall–Kier alpha value is -4.35. The molecule has 3 atom stereocenters. The molecule has 3 saturated heterocycles. The minimum Gasteiger partial charge on any atom is -0.385 e. The van der Waals surface area contributed by atoms with E-state index in [2.05, 4.69) is 68.5 Å². The van der Waals surface area contributed by atoms with Crippen LogP contribution >= 0.6 is 0 Å². The van der Waals surface area contributed by atoms with Gasteiger partial charge in [0.05, 0.1) is 5.60 Å². The fraction of sp³-hybridized carbons (Fsp3) is 0.513. The number of benzene rings is 2. The Labute approximate surface area is 293 Å². The van der Waals surface area contributed by atoms with Crippen LogP contribution in [0.3, 0.4) is 0 Å². The van der Waals surface area contributed by atoms with Gasteiger partial charge in [-0.2, -0.15) is 0 Å². The largest absolute Gasteiger partial charge is 0.385 e. The number of amides is 3. The van der Waals surface area contributed by atoms with E-state index in [1.165, 1.54) is 16.8 Å². The number of anilines is 2. The van der Waals surface area contributed by atoms with Gasteiger partial charge in [-0.25, -0.2) is 9.97 Å². The third-order valence-corrected chi connectivity index (χ3v) is 11.9. The van der Waals surface area contributed by atoms with Gasteiger partial charge in [-0.05, 0) is 90.3 Å². The van der Waals surface area contributed by atoms with Crippen LogP contribution in [0, 0.1) is 11.8 Å². The molecule has 1 aromatic heterocycles. The monoisotopic (exact) mass is 677 g/mol. The molecule has 3 aromatic rings. The molecule has 3 unspecified atom stereocenters. The van der Waals surface area contributed by atoms with Crippen LogP contribution < -0.4 is 15.5 Å².